The fourth-order valence-corrected chi connectivity index (χ4v) is 1.79. The molecule has 1 aliphatic heterocycles. The maximum atomic E-state index is 11.5. The van der Waals surface area contributed by atoms with E-state index in [2.05, 4.69) is 6.92 Å². The summed E-state index contributed by atoms with van der Waals surface area (Å²) < 4.78 is 5.34. The first kappa shape index (κ1) is 11.2. The third kappa shape index (κ3) is 2.58. The van der Waals surface area contributed by atoms with Crippen molar-refractivity contribution in [2.24, 2.45) is 5.92 Å². The Bertz CT molecular complexity index is 225. The zero-order valence-corrected chi connectivity index (χ0v) is 9.19. The minimum absolute atomic E-state index is 0.0986. The van der Waals surface area contributed by atoms with Gasteiger partial charge in [-0.3, -0.25) is 4.79 Å². The SMILES string of the molecule is C/C=C/C(=O)N1CCC(C)C(OC)C1. The molecule has 0 N–H and O–H groups in total. The highest BCUT2D eigenvalue weighted by atomic mass is 16.5. The molecular weight excluding hydrogens is 178 g/mol. The maximum Gasteiger partial charge on any atom is 0.246 e. The molecule has 0 aliphatic carbocycles. The lowest BCUT2D eigenvalue weighted by molar-refractivity contribution is -0.130. The molecule has 0 radical (unpaired) electrons. The molecule has 3 nitrogen and oxygen atoms in total. The highest BCUT2D eigenvalue weighted by molar-refractivity contribution is 5.87. The van der Waals surface area contributed by atoms with Gasteiger partial charge in [0.2, 0.25) is 5.91 Å². The fourth-order valence-electron chi connectivity index (χ4n) is 1.79. The molecule has 0 saturated carbocycles. The Labute approximate surface area is 85.7 Å². The number of hydrogen-bond donors (Lipinski definition) is 0. The number of ether oxygens (including phenoxy) is 1. The van der Waals surface area contributed by atoms with E-state index < -0.39 is 0 Å². The van der Waals surface area contributed by atoms with Crippen molar-refractivity contribution in [3.8, 4) is 0 Å². The third-order valence-electron chi connectivity index (χ3n) is 2.81. The Hall–Kier alpha value is -0.830. The lowest BCUT2D eigenvalue weighted by atomic mass is 9.96. The quantitative estimate of drug-likeness (QED) is 0.627. The van der Waals surface area contributed by atoms with Crippen molar-refractivity contribution in [3.05, 3.63) is 12.2 Å². The molecule has 1 rings (SSSR count). The van der Waals surface area contributed by atoms with E-state index in [9.17, 15) is 4.79 Å². The fraction of sp³-hybridized carbons (Fsp3) is 0.727. The van der Waals surface area contributed by atoms with Gasteiger partial charge in [-0.25, -0.2) is 0 Å². The van der Waals surface area contributed by atoms with Crippen LogP contribution >= 0.6 is 0 Å². The average Bonchev–Trinajstić information content (AvgIpc) is 2.19. The van der Waals surface area contributed by atoms with E-state index in [1.807, 2.05) is 11.8 Å². The van der Waals surface area contributed by atoms with E-state index in [-0.39, 0.29) is 12.0 Å². The van der Waals surface area contributed by atoms with Crippen LogP contribution in [0.1, 0.15) is 20.3 Å². The predicted molar refractivity (Wildman–Crippen MR) is 56.0 cm³/mol. The summed E-state index contributed by atoms with van der Waals surface area (Å²) in [6.45, 7) is 5.61. The average molecular weight is 197 g/mol. The third-order valence-corrected chi connectivity index (χ3v) is 2.81. The van der Waals surface area contributed by atoms with Crippen LogP contribution in [0.5, 0.6) is 0 Å². The van der Waals surface area contributed by atoms with E-state index in [0.717, 1.165) is 19.5 Å². The van der Waals surface area contributed by atoms with Crippen LogP contribution in [0.25, 0.3) is 0 Å². The number of amides is 1. The summed E-state index contributed by atoms with van der Waals surface area (Å²) in [5, 5.41) is 0. The maximum absolute atomic E-state index is 11.5. The summed E-state index contributed by atoms with van der Waals surface area (Å²) in [6.07, 6.45) is 4.62. The second-order valence-corrected chi connectivity index (χ2v) is 3.82. The molecule has 2 atom stereocenters. The lowest BCUT2D eigenvalue weighted by Crippen LogP contribution is -2.46. The number of carbonyl (C=O) groups is 1. The monoisotopic (exact) mass is 197 g/mol. The van der Waals surface area contributed by atoms with Gasteiger partial charge in [0, 0.05) is 20.2 Å². The number of carbonyl (C=O) groups excluding carboxylic acids is 1. The van der Waals surface area contributed by atoms with Crippen molar-refractivity contribution < 1.29 is 9.53 Å². The van der Waals surface area contributed by atoms with Crippen molar-refractivity contribution in [2.45, 2.75) is 26.4 Å². The van der Waals surface area contributed by atoms with Gasteiger partial charge in [-0.1, -0.05) is 13.0 Å². The minimum Gasteiger partial charge on any atom is -0.379 e. The Morgan fingerprint density at radius 3 is 2.86 bits per heavy atom. The zero-order chi connectivity index (χ0) is 10.6. The Morgan fingerprint density at radius 2 is 2.29 bits per heavy atom. The van der Waals surface area contributed by atoms with Crippen LogP contribution in [-0.4, -0.2) is 37.1 Å². The molecule has 0 aromatic rings. The van der Waals surface area contributed by atoms with Crippen molar-refractivity contribution in [1.82, 2.24) is 4.90 Å². The molecule has 0 aromatic heterocycles. The molecule has 14 heavy (non-hydrogen) atoms. The number of piperidine rings is 1. The summed E-state index contributed by atoms with van der Waals surface area (Å²) in [7, 11) is 1.71. The van der Waals surface area contributed by atoms with Gasteiger partial charge in [0.15, 0.2) is 0 Å². The van der Waals surface area contributed by atoms with E-state index in [0.29, 0.717) is 5.92 Å². The summed E-state index contributed by atoms with van der Waals surface area (Å²) in [4.78, 5) is 13.4. The summed E-state index contributed by atoms with van der Waals surface area (Å²) >= 11 is 0. The molecule has 1 heterocycles. The predicted octanol–water partition coefficient (Wildman–Crippen LogP) is 1.45. The molecule has 2 unspecified atom stereocenters. The smallest absolute Gasteiger partial charge is 0.246 e. The van der Waals surface area contributed by atoms with Gasteiger partial charge in [-0.05, 0) is 25.3 Å². The van der Waals surface area contributed by atoms with Crippen molar-refractivity contribution in [3.63, 3.8) is 0 Å². The Morgan fingerprint density at radius 1 is 1.57 bits per heavy atom. The normalized spacial score (nSPS) is 28.4. The number of rotatable bonds is 2. The van der Waals surface area contributed by atoms with E-state index in [1.54, 1.807) is 19.3 Å². The zero-order valence-electron chi connectivity index (χ0n) is 9.19. The number of nitrogens with zero attached hydrogens (tertiary/aromatic N) is 1. The van der Waals surface area contributed by atoms with Gasteiger partial charge in [0.25, 0.3) is 0 Å². The van der Waals surface area contributed by atoms with Gasteiger partial charge in [-0.2, -0.15) is 0 Å². The second kappa shape index (κ2) is 5.15. The lowest BCUT2D eigenvalue weighted by Gasteiger charge is -2.35. The van der Waals surface area contributed by atoms with Gasteiger partial charge in [0.05, 0.1) is 6.10 Å². The standard InChI is InChI=1S/C11H19NO2/c1-4-5-11(13)12-7-6-9(2)10(8-12)14-3/h4-5,9-10H,6-8H2,1-3H3/b5-4+. The topological polar surface area (TPSA) is 29.5 Å². The van der Waals surface area contributed by atoms with Crippen molar-refractivity contribution in [2.75, 3.05) is 20.2 Å². The van der Waals surface area contributed by atoms with Crippen LogP contribution in [0.2, 0.25) is 0 Å². The molecule has 1 saturated heterocycles. The Balaban J connectivity index is 2.54. The summed E-state index contributed by atoms with van der Waals surface area (Å²) in [6, 6.07) is 0. The highest BCUT2D eigenvalue weighted by Gasteiger charge is 2.27. The van der Waals surface area contributed by atoms with Crippen LogP contribution in [0, 0.1) is 5.92 Å². The van der Waals surface area contributed by atoms with Gasteiger partial charge in [0.1, 0.15) is 0 Å². The van der Waals surface area contributed by atoms with Crippen LogP contribution < -0.4 is 0 Å². The second-order valence-electron chi connectivity index (χ2n) is 3.82. The first-order chi connectivity index (χ1) is 6.69. The van der Waals surface area contributed by atoms with Crippen LogP contribution in [0.4, 0.5) is 0 Å². The van der Waals surface area contributed by atoms with E-state index >= 15 is 0 Å². The molecule has 80 valence electrons. The first-order valence-corrected chi connectivity index (χ1v) is 5.13. The first-order valence-electron chi connectivity index (χ1n) is 5.13. The number of methoxy groups -OCH3 is 1. The van der Waals surface area contributed by atoms with Crippen LogP contribution in [0.3, 0.4) is 0 Å². The van der Waals surface area contributed by atoms with Crippen molar-refractivity contribution >= 4 is 5.91 Å². The number of hydrogen-bond acceptors (Lipinski definition) is 2. The number of allylic oxidation sites excluding steroid dienone is 1. The van der Waals surface area contributed by atoms with Gasteiger partial charge >= 0.3 is 0 Å². The minimum atomic E-state index is 0.0986. The molecule has 0 spiro atoms. The molecule has 1 aliphatic rings. The van der Waals surface area contributed by atoms with Gasteiger partial charge in [-0.15, -0.1) is 0 Å². The summed E-state index contributed by atoms with van der Waals surface area (Å²) in [5.41, 5.74) is 0. The molecule has 0 bridgehead atoms. The van der Waals surface area contributed by atoms with E-state index in [1.165, 1.54) is 0 Å². The van der Waals surface area contributed by atoms with Crippen molar-refractivity contribution in [1.29, 1.82) is 0 Å². The summed E-state index contributed by atoms with van der Waals surface area (Å²) in [5.74, 6) is 0.649. The van der Waals surface area contributed by atoms with Gasteiger partial charge < -0.3 is 9.64 Å². The molecule has 0 aromatic carbocycles. The van der Waals surface area contributed by atoms with Crippen LogP contribution in [0.15, 0.2) is 12.2 Å². The number of likely N-dealkylation sites (tertiary alicyclic amines) is 1. The van der Waals surface area contributed by atoms with E-state index in [4.69, 9.17) is 4.74 Å². The molecule has 3 heteroatoms. The highest BCUT2D eigenvalue weighted by Crippen LogP contribution is 2.19. The largest absolute Gasteiger partial charge is 0.379 e. The molecule has 1 amide bonds. The molecular formula is C11H19NO2. The molecule has 1 fully saturated rings. The van der Waals surface area contributed by atoms with Crippen LogP contribution in [-0.2, 0) is 9.53 Å². The Kier molecular flexibility index (Phi) is 4.14.